The maximum atomic E-state index is 12.7. The zero-order chi connectivity index (χ0) is 18.1. The molecule has 0 radical (unpaired) electrons. The van der Waals surface area contributed by atoms with Crippen LogP contribution in [0.25, 0.3) is 21.5 Å². The third kappa shape index (κ3) is 2.88. The third-order valence-electron chi connectivity index (χ3n) is 4.76. The molecule has 3 nitrogen and oxygen atoms in total. The quantitative estimate of drug-likeness (QED) is 0.562. The van der Waals surface area contributed by atoms with Gasteiger partial charge in [0.1, 0.15) is 17.3 Å². The molecular formula is C23H18O3. The summed E-state index contributed by atoms with van der Waals surface area (Å²) in [6.07, 6.45) is 0.603. The minimum Gasteiger partial charge on any atom is -0.507 e. The van der Waals surface area contributed by atoms with Crippen LogP contribution in [0.3, 0.4) is 0 Å². The molecule has 0 amide bonds. The predicted molar refractivity (Wildman–Crippen MR) is 104 cm³/mol. The molecule has 4 rings (SSSR count). The number of phenolic OH excluding ortho intramolecular Hbond substituents is 2. The highest BCUT2D eigenvalue weighted by molar-refractivity contribution is 5.97. The molecule has 4 aromatic carbocycles. The zero-order valence-corrected chi connectivity index (χ0v) is 14.1. The molecule has 0 fully saturated rings. The second-order valence-corrected chi connectivity index (χ2v) is 6.47. The van der Waals surface area contributed by atoms with E-state index in [4.69, 9.17) is 0 Å². The fraction of sp³-hybridized carbons (Fsp3) is 0.0870. The van der Waals surface area contributed by atoms with Gasteiger partial charge in [0, 0.05) is 23.6 Å². The van der Waals surface area contributed by atoms with Crippen LogP contribution in [0.5, 0.6) is 11.5 Å². The number of hydrogen-bond acceptors (Lipinski definition) is 3. The van der Waals surface area contributed by atoms with Gasteiger partial charge in [-0.3, -0.25) is 4.79 Å². The van der Waals surface area contributed by atoms with Gasteiger partial charge in [-0.15, -0.1) is 0 Å². The number of aromatic hydroxyl groups is 2. The van der Waals surface area contributed by atoms with Crippen molar-refractivity contribution in [2.24, 2.45) is 0 Å². The van der Waals surface area contributed by atoms with Crippen LogP contribution in [-0.4, -0.2) is 16.0 Å². The Morgan fingerprint density at radius 3 is 1.38 bits per heavy atom. The van der Waals surface area contributed by atoms with Gasteiger partial charge >= 0.3 is 0 Å². The third-order valence-corrected chi connectivity index (χ3v) is 4.76. The molecular weight excluding hydrogens is 324 g/mol. The molecule has 0 unspecified atom stereocenters. The van der Waals surface area contributed by atoms with Crippen molar-refractivity contribution < 1.29 is 15.0 Å². The number of fused-ring (bicyclic) bond motifs is 2. The Morgan fingerprint density at radius 2 is 0.962 bits per heavy atom. The van der Waals surface area contributed by atoms with E-state index in [1.54, 1.807) is 12.1 Å². The Balaban J connectivity index is 1.65. The van der Waals surface area contributed by atoms with Crippen molar-refractivity contribution in [2.45, 2.75) is 12.8 Å². The van der Waals surface area contributed by atoms with Crippen LogP contribution >= 0.6 is 0 Å². The van der Waals surface area contributed by atoms with Crippen molar-refractivity contribution in [2.75, 3.05) is 0 Å². The number of rotatable bonds is 4. The van der Waals surface area contributed by atoms with E-state index in [0.29, 0.717) is 12.8 Å². The topological polar surface area (TPSA) is 57.5 Å². The van der Waals surface area contributed by atoms with Crippen LogP contribution in [0.1, 0.15) is 11.1 Å². The van der Waals surface area contributed by atoms with Crippen LogP contribution in [0.15, 0.2) is 72.8 Å². The molecule has 0 heterocycles. The van der Waals surface area contributed by atoms with Gasteiger partial charge in [-0.2, -0.15) is 0 Å². The van der Waals surface area contributed by atoms with Gasteiger partial charge in [0.25, 0.3) is 0 Å². The van der Waals surface area contributed by atoms with Crippen LogP contribution in [0.4, 0.5) is 0 Å². The average molecular weight is 342 g/mol. The van der Waals surface area contributed by atoms with Crippen LogP contribution in [0.2, 0.25) is 0 Å². The van der Waals surface area contributed by atoms with Crippen molar-refractivity contribution in [1.29, 1.82) is 0 Å². The van der Waals surface area contributed by atoms with Gasteiger partial charge in [0.2, 0.25) is 0 Å². The second kappa shape index (κ2) is 6.52. The summed E-state index contributed by atoms with van der Waals surface area (Å²) in [6, 6.07) is 22.0. The highest BCUT2D eigenvalue weighted by Crippen LogP contribution is 2.30. The first-order chi connectivity index (χ1) is 12.6. The summed E-state index contributed by atoms with van der Waals surface area (Å²) in [5.41, 5.74) is 1.82. The van der Waals surface area contributed by atoms with Gasteiger partial charge in [-0.1, -0.05) is 60.7 Å². The summed E-state index contributed by atoms with van der Waals surface area (Å²) in [5, 5.41) is 23.3. The van der Waals surface area contributed by atoms with E-state index in [9.17, 15) is 15.0 Å². The Hall–Kier alpha value is -3.33. The summed E-state index contributed by atoms with van der Waals surface area (Å²) in [7, 11) is 0. The van der Waals surface area contributed by atoms with Crippen LogP contribution in [0, 0.1) is 0 Å². The van der Waals surface area contributed by atoms with Crippen molar-refractivity contribution in [1.82, 2.24) is 0 Å². The predicted octanol–water partition coefficient (Wildman–Crippen LogP) is 4.76. The minimum absolute atomic E-state index is 0.0942. The second-order valence-electron chi connectivity index (χ2n) is 6.47. The molecule has 0 aromatic heterocycles. The van der Waals surface area contributed by atoms with E-state index < -0.39 is 0 Å². The molecule has 0 bridgehead atoms. The fourth-order valence-corrected chi connectivity index (χ4v) is 3.49. The standard InChI is InChI=1S/C23H18O3/c24-17(13-15-9-11-22(25)20-7-3-1-5-18(15)20)14-16-10-12-23(26)21-8-4-2-6-19(16)21/h1-12,25-26H,13-14H2. The molecule has 0 aliphatic carbocycles. The van der Waals surface area contributed by atoms with E-state index in [2.05, 4.69) is 0 Å². The Bertz CT molecular complexity index is 1040. The van der Waals surface area contributed by atoms with Crippen molar-refractivity contribution in [3.8, 4) is 11.5 Å². The number of phenols is 2. The fourth-order valence-electron chi connectivity index (χ4n) is 3.49. The van der Waals surface area contributed by atoms with Crippen molar-refractivity contribution >= 4 is 27.3 Å². The molecule has 4 aromatic rings. The largest absolute Gasteiger partial charge is 0.507 e. The van der Waals surface area contributed by atoms with E-state index in [-0.39, 0.29) is 17.3 Å². The summed E-state index contributed by atoms with van der Waals surface area (Å²) < 4.78 is 0. The molecule has 0 atom stereocenters. The van der Waals surface area contributed by atoms with E-state index in [1.807, 2.05) is 60.7 Å². The van der Waals surface area contributed by atoms with Gasteiger partial charge in [-0.05, 0) is 34.0 Å². The average Bonchev–Trinajstić information content (AvgIpc) is 2.67. The summed E-state index contributed by atoms with van der Waals surface area (Å²) in [5.74, 6) is 0.541. The molecule has 0 saturated heterocycles. The Labute approximate surface area is 151 Å². The molecule has 128 valence electrons. The molecule has 2 N–H and O–H groups in total. The van der Waals surface area contributed by atoms with Gasteiger partial charge in [-0.25, -0.2) is 0 Å². The number of hydrogen-bond donors (Lipinski definition) is 2. The van der Waals surface area contributed by atoms with Crippen LogP contribution in [-0.2, 0) is 17.6 Å². The maximum absolute atomic E-state index is 12.7. The summed E-state index contributed by atoms with van der Waals surface area (Å²) in [4.78, 5) is 12.7. The number of benzene rings is 4. The van der Waals surface area contributed by atoms with Gasteiger partial charge in [0.15, 0.2) is 0 Å². The first kappa shape index (κ1) is 16.2. The smallest absolute Gasteiger partial charge is 0.141 e. The molecule has 0 aliphatic heterocycles. The number of Topliss-reactive ketones (excluding diaryl/α,β-unsaturated/α-hetero) is 1. The lowest BCUT2D eigenvalue weighted by Crippen LogP contribution is -2.07. The Kier molecular flexibility index (Phi) is 4.05. The first-order valence-corrected chi connectivity index (χ1v) is 8.54. The van der Waals surface area contributed by atoms with E-state index in [1.165, 1.54) is 0 Å². The van der Waals surface area contributed by atoms with E-state index in [0.717, 1.165) is 32.7 Å². The van der Waals surface area contributed by atoms with Crippen molar-refractivity contribution in [3.05, 3.63) is 83.9 Å². The molecule has 0 saturated carbocycles. The summed E-state index contributed by atoms with van der Waals surface area (Å²) >= 11 is 0. The number of carbonyl (C=O) groups is 1. The number of carbonyl (C=O) groups excluding carboxylic acids is 1. The maximum Gasteiger partial charge on any atom is 0.141 e. The zero-order valence-electron chi connectivity index (χ0n) is 14.1. The van der Waals surface area contributed by atoms with Crippen molar-refractivity contribution in [3.63, 3.8) is 0 Å². The van der Waals surface area contributed by atoms with Crippen LogP contribution < -0.4 is 0 Å². The highest BCUT2D eigenvalue weighted by atomic mass is 16.3. The highest BCUT2D eigenvalue weighted by Gasteiger charge is 2.12. The van der Waals surface area contributed by atoms with Gasteiger partial charge < -0.3 is 10.2 Å². The normalized spacial score (nSPS) is 11.1. The Morgan fingerprint density at radius 1 is 0.577 bits per heavy atom. The first-order valence-electron chi connectivity index (χ1n) is 8.54. The number of ketones is 1. The monoisotopic (exact) mass is 342 g/mol. The minimum atomic E-state index is 0.0942. The van der Waals surface area contributed by atoms with Gasteiger partial charge in [0.05, 0.1) is 0 Å². The molecule has 3 heteroatoms. The summed E-state index contributed by atoms with van der Waals surface area (Å²) in [6.45, 7) is 0. The lowest BCUT2D eigenvalue weighted by Gasteiger charge is -2.10. The molecule has 0 aliphatic rings. The molecule has 26 heavy (non-hydrogen) atoms. The molecule has 0 spiro atoms. The lowest BCUT2D eigenvalue weighted by atomic mass is 9.95. The van der Waals surface area contributed by atoms with E-state index >= 15 is 0 Å². The SMILES string of the molecule is O=C(Cc1ccc(O)c2ccccc12)Cc1ccc(O)c2ccccc12. The lowest BCUT2D eigenvalue weighted by molar-refractivity contribution is -0.117.